The van der Waals surface area contributed by atoms with Crippen LogP contribution in [0.2, 0.25) is 0 Å². The fourth-order valence-electron chi connectivity index (χ4n) is 13.8. The number of rotatable bonds is 39. The first-order valence-electron chi connectivity index (χ1n) is 41.7. The molecule has 6 unspecified atom stereocenters. The number of carbonyl (C=O) groups is 5. The standard InChI is InChI=1S/2C27H35N6O9PS.C26H37N6O8PS.B2/c2*1-5-26(2,3)23(35)44-12-11-38-43(37,30-13-16-9-7-6-8-10-16)39-14-17-19-27(4,42-25(36)41-19)22(40-17)33-15-29-18-20(33)31-24(28)32-21(18)34;1-5-25(2,3)23(35)42-12-11-38-41(37,29-13-16-9-7-6-8-10-16)39-14-17-19(33)26(4,36)22(40-17)32-15-28-18-20(32)30-24(27)31-21(18)34;1-2/h2*6-10,15,17,19,22H,5,11-14H2,1-4H3,(H,30,37)(H3,28,31,32,34);6-10,15,17,19,22,33,36H,5,11-14H2,1-4H3,(H,29,37)(H3,27,30,31,34);/t2*17-,19+,22?,27+,43?;17-,19+,22?,26+,41?;/m111./s1. The van der Waals surface area contributed by atoms with E-state index in [9.17, 15) is 62.3 Å². The average molecular weight is 1950 g/mol. The number of thioether (sulfide) groups is 3. The summed E-state index contributed by atoms with van der Waals surface area (Å²) in [7, 11) is -3.95. The van der Waals surface area contributed by atoms with Gasteiger partial charge in [0, 0.05) is 68.6 Å². The topological polar surface area (TPSA) is 602 Å². The minimum atomic E-state index is -3.99. The van der Waals surface area contributed by atoms with Crippen LogP contribution in [0.4, 0.5) is 27.4 Å². The quantitative estimate of drug-likeness (QED) is 0.00743. The highest BCUT2D eigenvalue weighted by Gasteiger charge is 2.66. The first-order chi connectivity index (χ1) is 62.5. The molecule has 0 bridgehead atoms. The molecule has 0 aliphatic carbocycles. The van der Waals surface area contributed by atoms with Gasteiger partial charge in [0.1, 0.15) is 30.0 Å². The number of nitrogen functional groups attached to an aromatic ring is 3. The number of nitrogens with two attached hydrogens (primary N) is 3. The van der Waals surface area contributed by atoms with Crippen molar-refractivity contribution in [3.63, 3.8) is 0 Å². The highest BCUT2D eigenvalue weighted by molar-refractivity contribution is 8.14. The Bertz CT molecular complexity index is 5650. The lowest BCUT2D eigenvalue weighted by Crippen LogP contribution is -2.44. The van der Waals surface area contributed by atoms with E-state index < -0.39 is 147 Å². The SMILES string of the molecule is CCC(C)(C)C(=O)SCCOP(=O)(NCc1ccccc1)OC[C@H]1OC(n2cnc3c(=O)[nH]c(N)nc32)[C@@](C)(O)[C@H]1O.CCC(C)(C)C(=O)SCCOP(=O)(NCc1ccccc1)OC[C@H]1OC(n2cnc3c(=O)[nH]c(N)nc32)[C@@]2(C)OC(=O)O[C@@H]12.CCC(C)(C)C(=O)SCCOP(=O)(NCc1ccccc1)OC[C@H]1OC(n2cnc3c(=O)[nH]c(N)nc32)[C@@]2(C)OC(=O)O[C@@H]12.[B][B]. The Kier molecular flexibility index (Phi) is 34.3. The van der Waals surface area contributed by atoms with E-state index in [2.05, 4.69) is 75.6 Å². The summed E-state index contributed by atoms with van der Waals surface area (Å²) < 4.78 is 121. The number of fused-ring (bicyclic) bond motifs is 5. The van der Waals surface area contributed by atoms with E-state index in [4.69, 9.17) is 77.5 Å². The van der Waals surface area contributed by atoms with Gasteiger partial charge in [-0.25, -0.2) is 53.5 Å². The molecule has 5 saturated heterocycles. The fourth-order valence-corrected chi connectivity index (χ4v) is 20.7. The van der Waals surface area contributed by atoms with Crippen molar-refractivity contribution in [2.24, 2.45) is 16.2 Å². The molecule has 15 atom stereocenters. The number of imidazole rings is 3. The van der Waals surface area contributed by atoms with E-state index in [1.54, 1.807) is 13.8 Å². The minimum absolute atomic E-state index is 0.00242. The van der Waals surface area contributed by atoms with E-state index >= 15 is 0 Å². The zero-order valence-electron chi connectivity index (χ0n) is 74.4. The lowest BCUT2D eigenvalue weighted by molar-refractivity contribution is -0.118. The summed E-state index contributed by atoms with van der Waals surface area (Å²) in [5.41, 5.74) is 12.1. The molecule has 712 valence electrons. The maximum absolute atomic E-state index is 13.9. The Hall–Kier alpha value is -9.03. The van der Waals surface area contributed by atoms with Crippen LogP contribution >= 0.6 is 58.5 Å². The third-order valence-corrected chi connectivity index (χ3v) is 30.8. The molecule has 44 nitrogen and oxygen atoms in total. The molecule has 6 aromatic heterocycles. The molecule has 9 aromatic rings. The van der Waals surface area contributed by atoms with Crippen LogP contribution in [0, 0.1) is 16.2 Å². The number of nitrogens with one attached hydrogen (secondary N) is 6. The molecule has 5 aliphatic rings. The third kappa shape index (κ3) is 24.4. The van der Waals surface area contributed by atoms with Crippen LogP contribution in [0.25, 0.3) is 33.5 Å². The summed E-state index contributed by atoms with van der Waals surface area (Å²) >= 11 is 3.30. The van der Waals surface area contributed by atoms with Crippen LogP contribution in [-0.4, -0.2) is 222 Å². The third-order valence-electron chi connectivity index (χ3n) is 22.5. The van der Waals surface area contributed by atoms with Crippen molar-refractivity contribution >= 4 is 153 Å². The van der Waals surface area contributed by atoms with Gasteiger partial charge in [0.15, 0.2) is 90.9 Å². The predicted octanol–water partition coefficient (Wildman–Crippen LogP) is 8.62. The number of nitrogens with zero attached hydrogens (tertiary/aromatic N) is 9. The molecular formula is C80H107B2N18O26P3S3. The number of ether oxygens (including phenoxy) is 7. The maximum Gasteiger partial charge on any atom is 0.509 e. The van der Waals surface area contributed by atoms with Gasteiger partial charge in [0.25, 0.3) is 16.7 Å². The Morgan fingerprint density at radius 3 is 1.05 bits per heavy atom. The van der Waals surface area contributed by atoms with Crippen LogP contribution in [0.5, 0.6) is 0 Å². The van der Waals surface area contributed by atoms with Gasteiger partial charge in [-0.1, -0.05) is 189 Å². The molecule has 14 N–H and O–H groups in total. The van der Waals surface area contributed by atoms with Gasteiger partial charge in [-0.15, -0.1) is 0 Å². The van der Waals surface area contributed by atoms with Gasteiger partial charge in [0.2, 0.25) is 17.8 Å². The van der Waals surface area contributed by atoms with Gasteiger partial charge < -0.3 is 60.6 Å². The van der Waals surface area contributed by atoms with Crippen LogP contribution in [0.1, 0.15) is 138 Å². The van der Waals surface area contributed by atoms with Crippen molar-refractivity contribution in [2.45, 2.75) is 194 Å². The number of aliphatic hydroxyl groups is 2. The number of aliphatic hydroxyl groups excluding tert-OH is 1. The number of H-pyrrole nitrogens is 3. The predicted molar refractivity (Wildman–Crippen MR) is 490 cm³/mol. The molecule has 5 fully saturated rings. The normalized spacial score (nSPS) is 24.1. The molecule has 132 heavy (non-hydrogen) atoms. The summed E-state index contributed by atoms with van der Waals surface area (Å²) in [5, 5.41) is 30.7. The van der Waals surface area contributed by atoms with Crippen molar-refractivity contribution in [1.82, 2.24) is 73.8 Å². The summed E-state index contributed by atoms with van der Waals surface area (Å²) in [4.78, 5) is 131. The van der Waals surface area contributed by atoms with Crippen LogP contribution in [0.3, 0.4) is 0 Å². The van der Waals surface area contributed by atoms with Gasteiger partial charge >= 0.3 is 35.6 Å². The van der Waals surface area contributed by atoms with Crippen LogP contribution in [-0.2, 0) is 108 Å². The van der Waals surface area contributed by atoms with Crippen LogP contribution < -0.4 is 49.1 Å². The molecule has 4 radical (unpaired) electrons. The largest absolute Gasteiger partial charge is 0.509 e. The van der Waals surface area contributed by atoms with Gasteiger partial charge in [-0.2, -0.15) is 15.0 Å². The molecule has 11 heterocycles. The highest BCUT2D eigenvalue weighted by Crippen LogP contribution is 2.54. The molecule has 0 spiro atoms. The second kappa shape index (κ2) is 43.8. The second-order valence-electron chi connectivity index (χ2n) is 33.2. The van der Waals surface area contributed by atoms with E-state index in [1.165, 1.54) is 39.6 Å². The molecule has 3 aromatic carbocycles. The Morgan fingerprint density at radius 2 is 0.758 bits per heavy atom. The second-order valence-corrected chi connectivity index (χ2v) is 41.9. The average Bonchev–Trinajstić information content (AvgIpc) is 1.57. The van der Waals surface area contributed by atoms with Crippen molar-refractivity contribution < 1.29 is 108 Å². The number of anilines is 3. The van der Waals surface area contributed by atoms with Gasteiger partial charge in [-0.3, -0.25) is 84.6 Å². The molecule has 0 amide bonds. The smallest absolute Gasteiger partial charge is 0.424 e. The molecular weight excluding hydrogens is 1840 g/mol. The van der Waals surface area contributed by atoms with Crippen molar-refractivity contribution in [2.75, 3.05) is 74.1 Å². The zero-order valence-corrected chi connectivity index (χ0v) is 79.5. The molecule has 0 saturated carbocycles. The summed E-state index contributed by atoms with van der Waals surface area (Å²) in [5.74, 6) is 0.353. The first kappa shape index (κ1) is 103. The lowest BCUT2D eigenvalue weighted by atomic mass is 9.81. The molecule has 52 heteroatoms. The number of hydrogen-bond acceptors (Lipinski definition) is 38. The highest BCUT2D eigenvalue weighted by atomic mass is 32.2. The summed E-state index contributed by atoms with van der Waals surface area (Å²) in [6.07, 6.45) is -5.79. The summed E-state index contributed by atoms with van der Waals surface area (Å²) in [6, 6.07) is 27.7. The Morgan fingerprint density at radius 1 is 0.477 bits per heavy atom. The number of aromatic amines is 3. The fraction of sp³-hybridized carbons (Fsp3) is 0.525. The van der Waals surface area contributed by atoms with Crippen molar-refractivity contribution in [1.29, 1.82) is 0 Å². The van der Waals surface area contributed by atoms with Crippen LogP contribution in [0.15, 0.2) is 124 Å². The van der Waals surface area contributed by atoms with Crippen molar-refractivity contribution in [3.05, 3.63) is 158 Å². The number of hydrogen-bond donors (Lipinski definition) is 11. The Balaban J connectivity index is 0.000000189. The summed E-state index contributed by atoms with van der Waals surface area (Å²) in [6.45, 7) is 20.9. The maximum atomic E-state index is 13.9. The van der Waals surface area contributed by atoms with Crippen molar-refractivity contribution in [3.8, 4) is 0 Å². The monoisotopic (exact) mass is 1950 g/mol. The molecule has 5 aliphatic heterocycles. The zero-order chi connectivity index (χ0) is 96.1. The number of benzene rings is 3. The van der Waals surface area contributed by atoms with Gasteiger partial charge in [-0.05, 0) is 56.7 Å². The Labute approximate surface area is 772 Å². The molecule has 14 rings (SSSR count). The minimum Gasteiger partial charge on any atom is -0.424 e. The van der Waals surface area contributed by atoms with E-state index in [0.717, 1.165) is 52.0 Å². The van der Waals surface area contributed by atoms with E-state index in [1.807, 2.05) is 153 Å². The van der Waals surface area contributed by atoms with E-state index in [0.29, 0.717) is 19.3 Å². The lowest BCUT2D eigenvalue weighted by Gasteiger charge is -2.27. The number of carbonyl (C=O) groups excluding carboxylic acids is 5. The number of aromatic nitrogens is 12. The van der Waals surface area contributed by atoms with E-state index in [-0.39, 0.29) is 137 Å². The first-order valence-corrected chi connectivity index (χ1v) is 49.3. The van der Waals surface area contributed by atoms with Gasteiger partial charge in [0.05, 0.1) is 58.6 Å².